The molecular weight excluding hydrogens is 288 g/mol. The van der Waals surface area contributed by atoms with Crippen molar-refractivity contribution < 1.29 is 9.90 Å². The van der Waals surface area contributed by atoms with Gasteiger partial charge in [0.2, 0.25) is 5.91 Å². The molecule has 1 amide bonds. The predicted octanol–water partition coefficient (Wildman–Crippen LogP) is 3.11. The molecule has 0 radical (unpaired) electrons. The lowest BCUT2D eigenvalue weighted by atomic mass is 9.85. The third-order valence-corrected chi connectivity index (χ3v) is 5.09. The van der Waals surface area contributed by atoms with Gasteiger partial charge in [-0.25, -0.2) is 0 Å². The highest BCUT2D eigenvalue weighted by atomic mass is 16.3. The zero-order valence-electron chi connectivity index (χ0n) is 14.6. The van der Waals surface area contributed by atoms with E-state index < -0.39 is 0 Å². The van der Waals surface area contributed by atoms with Crippen LogP contribution in [0, 0.1) is 5.41 Å². The number of hydrogen-bond donors (Lipinski definition) is 3. The summed E-state index contributed by atoms with van der Waals surface area (Å²) in [5.41, 5.74) is 2.01. The van der Waals surface area contributed by atoms with Crippen LogP contribution in [0.2, 0.25) is 0 Å². The number of nitrogens with one attached hydrogen (secondary N) is 2. The molecule has 1 aliphatic rings. The van der Waals surface area contributed by atoms with Crippen molar-refractivity contribution >= 4 is 11.6 Å². The highest BCUT2D eigenvalue weighted by molar-refractivity contribution is 5.91. The summed E-state index contributed by atoms with van der Waals surface area (Å²) in [7, 11) is 0. The van der Waals surface area contributed by atoms with Gasteiger partial charge in [0.1, 0.15) is 0 Å². The molecule has 3 N–H and O–H groups in total. The molecule has 3 unspecified atom stereocenters. The number of benzene rings is 1. The first-order chi connectivity index (χ1) is 11.0. The second-order valence-electron chi connectivity index (χ2n) is 7.09. The molecule has 0 saturated heterocycles. The summed E-state index contributed by atoms with van der Waals surface area (Å²) in [4.78, 5) is 12.3. The summed E-state index contributed by atoms with van der Waals surface area (Å²) in [5.74, 6) is 0.0367. The van der Waals surface area contributed by atoms with Crippen LogP contribution in [-0.4, -0.2) is 29.7 Å². The van der Waals surface area contributed by atoms with Gasteiger partial charge in [-0.2, -0.15) is 0 Å². The van der Waals surface area contributed by atoms with Crippen LogP contribution in [-0.2, 0) is 11.2 Å². The van der Waals surface area contributed by atoms with E-state index in [1.807, 2.05) is 31.2 Å². The minimum atomic E-state index is -0.0560. The van der Waals surface area contributed by atoms with Crippen LogP contribution in [0.4, 0.5) is 5.69 Å². The first kappa shape index (κ1) is 18.0. The first-order valence-electron chi connectivity index (χ1n) is 8.73. The molecule has 0 heterocycles. The largest absolute Gasteiger partial charge is 0.396 e. The number of carbonyl (C=O) groups is 1. The van der Waals surface area contributed by atoms with Crippen LogP contribution in [0.3, 0.4) is 0 Å². The van der Waals surface area contributed by atoms with Crippen molar-refractivity contribution in [3.8, 4) is 0 Å². The van der Waals surface area contributed by atoms with Gasteiger partial charge in [-0.1, -0.05) is 38.5 Å². The van der Waals surface area contributed by atoms with Crippen molar-refractivity contribution in [2.45, 2.75) is 65.0 Å². The Labute approximate surface area is 139 Å². The molecule has 4 heteroatoms. The Bertz CT molecular complexity index is 532. The topological polar surface area (TPSA) is 61.4 Å². The van der Waals surface area contributed by atoms with E-state index >= 15 is 0 Å². The molecule has 1 aliphatic carbocycles. The van der Waals surface area contributed by atoms with Crippen LogP contribution in [0.25, 0.3) is 0 Å². The summed E-state index contributed by atoms with van der Waals surface area (Å²) in [5, 5.41) is 16.2. The smallest absolute Gasteiger partial charge is 0.225 e. The third-order valence-electron chi connectivity index (χ3n) is 5.09. The van der Waals surface area contributed by atoms with Crippen LogP contribution in [0.1, 0.15) is 52.0 Å². The second kappa shape index (κ2) is 7.93. The lowest BCUT2D eigenvalue weighted by Crippen LogP contribution is -2.46. The van der Waals surface area contributed by atoms with Gasteiger partial charge in [-0.05, 0) is 37.8 Å². The molecule has 128 valence electrons. The summed E-state index contributed by atoms with van der Waals surface area (Å²) in [6, 6.07) is 8.32. The van der Waals surface area contributed by atoms with Gasteiger partial charge in [-0.3, -0.25) is 4.79 Å². The molecular formula is C19H30N2O2. The number of aliphatic hydroxyl groups excluding tert-OH is 1. The highest BCUT2D eigenvalue weighted by Crippen LogP contribution is 2.37. The van der Waals surface area contributed by atoms with Gasteiger partial charge in [0.15, 0.2) is 0 Å². The van der Waals surface area contributed by atoms with Gasteiger partial charge >= 0.3 is 0 Å². The number of aryl methyl sites for hydroxylation is 1. The zero-order chi connectivity index (χ0) is 16.9. The zero-order valence-corrected chi connectivity index (χ0v) is 14.6. The van der Waals surface area contributed by atoms with Crippen molar-refractivity contribution in [3.05, 3.63) is 29.8 Å². The Morgan fingerprint density at radius 3 is 2.87 bits per heavy atom. The molecule has 3 atom stereocenters. The van der Waals surface area contributed by atoms with E-state index in [2.05, 4.69) is 24.5 Å². The Kier molecular flexibility index (Phi) is 6.19. The summed E-state index contributed by atoms with van der Waals surface area (Å²) >= 11 is 0. The quantitative estimate of drug-likeness (QED) is 0.724. The van der Waals surface area contributed by atoms with Gasteiger partial charge in [0.25, 0.3) is 0 Å². The molecule has 0 aliphatic heterocycles. The van der Waals surface area contributed by atoms with Gasteiger partial charge in [0.05, 0.1) is 0 Å². The lowest BCUT2D eigenvalue weighted by molar-refractivity contribution is -0.116. The molecule has 1 aromatic rings. The normalized spacial score (nSPS) is 25.3. The standard InChI is InChI=1S/C19H30N2O2/c1-4-15-8-5-6-9-16(15)21-18(23)12-14(2)20-17-10-7-11-19(17,3)13-22/h5-6,8-9,14,17,20,22H,4,7,10-13H2,1-3H3,(H,21,23). The Morgan fingerprint density at radius 1 is 1.43 bits per heavy atom. The molecule has 1 aromatic carbocycles. The van der Waals surface area contributed by atoms with E-state index in [1.54, 1.807) is 0 Å². The SMILES string of the molecule is CCc1ccccc1NC(=O)CC(C)NC1CCCC1(C)CO. The van der Waals surface area contributed by atoms with Crippen molar-refractivity contribution in [3.63, 3.8) is 0 Å². The molecule has 1 saturated carbocycles. The molecule has 0 aromatic heterocycles. The minimum absolute atomic E-state index is 0.0367. The number of carbonyl (C=O) groups excluding carboxylic acids is 1. The monoisotopic (exact) mass is 318 g/mol. The van der Waals surface area contributed by atoms with Gasteiger partial charge in [-0.15, -0.1) is 0 Å². The Balaban J connectivity index is 1.87. The molecule has 1 fully saturated rings. The molecule has 23 heavy (non-hydrogen) atoms. The maximum Gasteiger partial charge on any atom is 0.225 e. The van der Waals surface area contributed by atoms with E-state index in [9.17, 15) is 9.90 Å². The maximum absolute atomic E-state index is 12.3. The Hall–Kier alpha value is -1.39. The number of para-hydroxylation sites is 1. The summed E-state index contributed by atoms with van der Waals surface area (Å²) < 4.78 is 0. The fourth-order valence-corrected chi connectivity index (χ4v) is 3.54. The van der Waals surface area contributed by atoms with Crippen molar-refractivity contribution in [2.75, 3.05) is 11.9 Å². The van der Waals surface area contributed by atoms with Gasteiger partial charge in [0, 0.05) is 36.2 Å². The molecule has 2 rings (SSSR count). The number of anilines is 1. The van der Waals surface area contributed by atoms with E-state index in [0.29, 0.717) is 12.5 Å². The number of hydrogen-bond acceptors (Lipinski definition) is 3. The van der Waals surface area contributed by atoms with Crippen LogP contribution >= 0.6 is 0 Å². The predicted molar refractivity (Wildman–Crippen MR) is 94.5 cm³/mol. The van der Waals surface area contributed by atoms with Crippen molar-refractivity contribution in [1.82, 2.24) is 5.32 Å². The van der Waals surface area contributed by atoms with E-state index in [0.717, 1.165) is 36.9 Å². The van der Waals surface area contributed by atoms with Crippen LogP contribution < -0.4 is 10.6 Å². The first-order valence-corrected chi connectivity index (χ1v) is 8.73. The molecule has 0 spiro atoms. The number of aliphatic hydroxyl groups is 1. The highest BCUT2D eigenvalue weighted by Gasteiger charge is 2.38. The van der Waals surface area contributed by atoms with Crippen molar-refractivity contribution in [2.24, 2.45) is 5.41 Å². The van der Waals surface area contributed by atoms with Crippen LogP contribution in [0.5, 0.6) is 0 Å². The van der Waals surface area contributed by atoms with Gasteiger partial charge < -0.3 is 15.7 Å². The maximum atomic E-state index is 12.3. The number of rotatable bonds is 7. The Morgan fingerprint density at radius 2 is 2.17 bits per heavy atom. The average Bonchev–Trinajstić information content (AvgIpc) is 2.89. The second-order valence-corrected chi connectivity index (χ2v) is 7.09. The lowest BCUT2D eigenvalue weighted by Gasteiger charge is -2.32. The average molecular weight is 318 g/mol. The van der Waals surface area contributed by atoms with Crippen LogP contribution in [0.15, 0.2) is 24.3 Å². The molecule has 0 bridgehead atoms. The minimum Gasteiger partial charge on any atom is -0.396 e. The van der Waals surface area contributed by atoms with E-state index in [4.69, 9.17) is 0 Å². The third kappa shape index (κ3) is 4.55. The van der Waals surface area contributed by atoms with E-state index in [1.165, 1.54) is 0 Å². The van der Waals surface area contributed by atoms with Crippen molar-refractivity contribution in [1.29, 1.82) is 0 Å². The number of amides is 1. The fourth-order valence-electron chi connectivity index (χ4n) is 3.54. The summed E-state index contributed by atoms with van der Waals surface area (Å²) in [6.45, 7) is 6.46. The fraction of sp³-hybridized carbons (Fsp3) is 0.632. The molecule has 4 nitrogen and oxygen atoms in total. The van der Waals surface area contributed by atoms with E-state index in [-0.39, 0.29) is 24.0 Å². The summed E-state index contributed by atoms with van der Waals surface area (Å²) in [6.07, 6.45) is 4.60.